The predicted molar refractivity (Wildman–Crippen MR) is 140 cm³/mol. The summed E-state index contributed by atoms with van der Waals surface area (Å²) in [6.45, 7) is 4.97. The first kappa shape index (κ1) is 28.1. The lowest BCUT2D eigenvalue weighted by atomic mass is 10.1. The fourth-order valence-electron chi connectivity index (χ4n) is 3.36. The van der Waals surface area contributed by atoms with Crippen LogP contribution in [0.5, 0.6) is 5.75 Å². The first-order valence-corrected chi connectivity index (χ1v) is 14.4. The van der Waals surface area contributed by atoms with E-state index in [1.165, 1.54) is 6.07 Å². The molecule has 0 spiro atoms. The molecule has 1 aliphatic rings. The number of benzene rings is 3. The molecule has 0 aliphatic carbocycles. The van der Waals surface area contributed by atoms with Crippen LogP contribution in [0.1, 0.15) is 13.8 Å². The van der Waals surface area contributed by atoms with Crippen LogP contribution in [-0.2, 0) is 20.0 Å². The number of rotatable bonds is 7. The van der Waals surface area contributed by atoms with Crippen molar-refractivity contribution in [3.63, 3.8) is 0 Å². The van der Waals surface area contributed by atoms with Gasteiger partial charge in [-0.3, -0.25) is 0 Å². The number of nitrogens with two attached hydrogens (primary N) is 1. The quantitative estimate of drug-likeness (QED) is 0.296. The highest BCUT2D eigenvalue weighted by Gasteiger charge is 2.27. The first-order chi connectivity index (χ1) is 16.9. The molecule has 36 heavy (non-hydrogen) atoms. The molecular weight excluding hydrogens is 528 g/mol. The Morgan fingerprint density at radius 2 is 1.86 bits per heavy atom. The van der Waals surface area contributed by atoms with Crippen LogP contribution in [0, 0.1) is 0 Å². The summed E-state index contributed by atoms with van der Waals surface area (Å²) in [5.74, 6) is 0.821. The van der Waals surface area contributed by atoms with Crippen LogP contribution < -0.4 is 25.2 Å². The Labute approximate surface area is 215 Å². The number of aliphatic hydroxyl groups is 1. The van der Waals surface area contributed by atoms with Gasteiger partial charge in [0.25, 0.3) is 0 Å². The van der Waals surface area contributed by atoms with Gasteiger partial charge in [0.2, 0.25) is 20.0 Å². The second-order valence-corrected chi connectivity index (χ2v) is 12.0. The average molecular weight is 557 g/mol. The highest BCUT2D eigenvalue weighted by Crippen LogP contribution is 2.32. The van der Waals surface area contributed by atoms with E-state index in [0.717, 1.165) is 22.6 Å². The fraction of sp³-hybridized carbons (Fsp3) is 0.304. The zero-order valence-electron chi connectivity index (χ0n) is 19.7. The maximum absolute atomic E-state index is 11.6. The number of ether oxygens (including phenoxy) is 1. The Morgan fingerprint density at radius 3 is 2.56 bits per heavy atom. The first-order valence-electron chi connectivity index (χ1n) is 11.0. The Morgan fingerprint density at radius 1 is 1.17 bits per heavy atom. The van der Waals surface area contributed by atoms with Crippen molar-refractivity contribution < 1.29 is 26.7 Å². The number of primary sulfonamides is 1. The minimum Gasteiger partial charge on any atom is -0.490 e. The van der Waals surface area contributed by atoms with Crippen molar-refractivity contribution in [1.29, 1.82) is 0 Å². The van der Waals surface area contributed by atoms with Gasteiger partial charge in [-0.15, -0.1) is 0 Å². The smallest absolute Gasteiger partial charge is 0.244 e. The number of anilines is 1. The van der Waals surface area contributed by atoms with Crippen molar-refractivity contribution in [2.45, 2.75) is 35.8 Å². The summed E-state index contributed by atoms with van der Waals surface area (Å²) in [5, 5.41) is 22.8. The third kappa shape index (κ3) is 7.29. The van der Waals surface area contributed by atoms with Crippen molar-refractivity contribution in [2.75, 3.05) is 25.1 Å². The molecule has 4 rings (SSSR count). The molecule has 0 saturated heterocycles. The van der Waals surface area contributed by atoms with E-state index in [9.17, 15) is 21.9 Å². The summed E-state index contributed by atoms with van der Waals surface area (Å²) in [4.78, 5) is -0.621. The third-order valence-corrected chi connectivity index (χ3v) is 7.93. The molecule has 0 bridgehead atoms. The van der Waals surface area contributed by atoms with Crippen LogP contribution in [0.3, 0.4) is 0 Å². The van der Waals surface area contributed by atoms with Crippen molar-refractivity contribution in [3.8, 4) is 5.75 Å². The van der Waals surface area contributed by atoms with Gasteiger partial charge in [0.15, 0.2) is 0 Å². The van der Waals surface area contributed by atoms with E-state index >= 15 is 0 Å². The molecule has 1 atom stereocenters. The van der Waals surface area contributed by atoms with Gasteiger partial charge < -0.3 is 20.5 Å². The zero-order valence-corrected chi connectivity index (χ0v) is 22.1. The van der Waals surface area contributed by atoms with E-state index < -0.39 is 31.0 Å². The van der Waals surface area contributed by atoms with Crippen molar-refractivity contribution in [1.82, 2.24) is 10.0 Å². The number of fused-ring (bicyclic) bond motifs is 2. The third-order valence-electron chi connectivity index (χ3n) is 5.11. The number of aliphatic hydroxyl groups excluding tert-OH is 1. The lowest BCUT2D eigenvalue weighted by Crippen LogP contribution is -2.35. The molecule has 196 valence electrons. The summed E-state index contributed by atoms with van der Waals surface area (Å²) < 4.78 is 53.6. The summed E-state index contributed by atoms with van der Waals surface area (Å²) in [7, 11) is -7.80. The van der Waals surface area contributed by atoms with Gasteiger partial charge in [-0.2, -0.15) is 4.72 Å². The van der Waals surface area contributed by atoms with Crippen molar-refractivity contribution in [2.24, 2.45) is 5.14 Å². The van der Waals surface area contributed by atoms with E-state index in [0.29, 0.717) is 19.2 Å². The standard InChI is InChI=1S/C16H21NO2.C7H8ClN3O4S2/c1-12(2)17-10-14(18)11-19-16-9-5-7-13-6-3-4-8-15(13)16;8-4-1-5-7(2-6(4)16(9,12)13)17(14,15)11-3-10-5/h3-9,12,14,17-18H,10-11H2,1-2H3;1-2,10-11H,3H2,(H2,9,12,13). The maximum Gasteiger partial charge on any atom is 0.244 e. The predicted octanol–water partition coefficient (Wildman–Crippen LogP) is 2.23. The SMILES string of the molecule is CC(C)NCC(O)COc1cccc2ccccc12.NS(=O)(=O)c1cc2c(cc1Cl)NCNS2(=O)=O. The minimum absolute atomic E-state index is 0.0143. The topological polar surface area (TPSA) is 160 Å². The lowest BCUT2D eigenvalue weighted by molar-refractivity contribution is 0.105. The highest BCUT2D eigenvalue weighted by molar-refractivity contribution is 7.90. The number of hydrogen-bond donors (Lipinski definition) is 5. The van der Waals surface area contributed by atoms with Crippen molar-refractivity contribution >= 4 is 48.1 Å². The van der Waals surface area contributed by atoms with Crippen LogP contribution in [-0.4, -0.2) is 53.9 Å². The average Bonchev–Trinajstić information content (AvgIpc) is 2.80. The molecule has 0 fully saturated rings. The molecule has 0 amide bonds. The summed E-state index contributed by atoms with van der Waals surface area (Å²) >= 11 is 5.72. The monoisotopic (exact) mass is 556 g/mol. The van der Waals surface area contributed by atoms with Gasteiger partial charge in [0, 0.05) is 18.0 Å². The molecule has 0 aromatic heterocycles. The lowest BCUT2D eigenvalue weighted by Gasteiger charge is -2.20. The molecule has 3 aromatic carbocycles. The van der Waals surface area contributed by atoms with E-state index in [-0.39, 0.29) is 22.3 Å². The summed E-state index contributed by atoms with van der Waals surface area (Å²) in [6, 6.07) is 16.6. The summed E-state index contributed by atoms with van der Waals surface area (Å²) in [5.41, 5.74) is 0.237. The number of sulfonamides is 2. The normalized spacial score (nSPS) is 15.4. The number of hydrogen-bond acceptors (Lipinski definition) is 8. The second kappa shape index (κ2) is 11.7. The maximum atomic E-state index is 11.6. The van der Waals surface area contributed by atoms with Gasteiger partial charge in [-0.05, 0) is 23.6 Å². The van der Waals surface area contributed by atoms with Crippen LogP contribution >= 0.6 is 11.6 Å². The van der Waals surface area contributed by atoms with E-state index in [1.807, 2.05) is 30.3 Å². The molecule has 10 nitrogen and oxygen atoms in total. The van der Waals surface area contributed by atoms with Crippen LogP contribution in [0.25, 0.3) is 10.8 Å². The number of halogens is 1. The molecule has 3 aromatic rings. The molecule has 1 aliphatic heterocycles. The second-order valence-electron chi connectivity index (χ2n) is 8.33. The molecular formula is C23H29ClN4O6S2. The van der Waals surface area contributed by atoms with Gasteiger partial charge in [0.1, 0.15) is 28.3 Å². The Bertz CT molecular complexity index is 1430. The largest absolute Gasteiger partial charge is 0.490 e. The molecule has 0 saturated carbocycles. The molecule has 6 N–H and O–H groups in total. The summed E-state index contributed by atoms with van der Waals surface area (Å²) in [6.07, 6.45) is -0.499. The fourth-order valence-corrected chi connectivity index (χ4v) is 5.64. The van der Waals surface area contributed by atoms with Crippen LogP contribution in [0.2, 0.25) is 5.02 Å². The van der Waals surface area contributed by atoms with Crippen LogP contribution in [0.4, 0.5) is 5.69 Å². The zero-order chi connectivity index (χ0) is 26.5. The minimum atomic E-state index is -4.07. The van der Waals surface area contributed by atoms with Gasteiger partial charge in [-0.25, -0.2) is 22.0 Å². The van der Waals surface area contributed by atoms with E-state index in [2.05, 4.69) is 41.3 Å². The Balaban J connectivity index is 0.000000202. The molecule has 13 heteroatoms. The van der Waals surface area contributed by atoms with Gasteiger partial charge >= 0.3 is 0 Å². The number of nitrogens with one attached hydrogen (secondary N) is 3. The Hall–Kier alpha value is -2.45. The molecule has 1 unspecified atom stereocenters. The van der Waals surface area contributed by atoms with Gasteiger partial charge in [0.05, 0.1) is 17.4 Å². The van der Waals surface area contributed by atoms with Gasteiger partial charge in [-0.1, -0.05) is 61.8 Å². The molecule has 1 heterocycles. The Kier molecular flexibility index (Phi) is 9.17. The van der Waals surface area contributed by atoms with Crippen molar-refractivity contribution in [3.05, 3.63) is 59.6 Å². The molecule has 0 radical (unpaired) electrons. The highest BCUT2D eigenvalue weighted by atomic mass is 35.5. The van der Waals surface area contributed by atoms with E-state index in [1.54, 1.807) is 0 Å². The van der Waals surface area contributed by atoms with Crippen LogP contribution in [0.15, 0.2) is 64.4 Å². The van der Waals surface area contributed by atoms with E-state index in [4.69, 9.17) is 21.5 Å².